The highest BCUT2D eigenvalue weighted by Crippen LogP contribution is 2.56. The number of carbonyl (C=O) groups is 1. The molecular formula is C17H23N3O. The van der Waals surface area contributed by atoms with Gasteiger partial charge in [-0.2, -0.15) is 0 Å². The number of amides is 1. The van der Waals surface area contributed by atoms with E-state index in [0.29, 0.717) is 17.5 Å². The van der Waals surface area contributed by atoms with Crippen LogP contribution in [0.2, 0.25) is 0 Å². The number of carbonyl (C=O) groups excluding carboxylic acids is 1. The summed E-state index contributed by atoms with van der Waals surface area (Å²) in [5, 5.41) is 3.33. The molecule has 0 radical (unpaired) electrons. The lowest BCUT2D eigenvalue weighted by Gasteiger charge is -2.61. The van der Waals surface area contributed by atoms with Crippen LogP contribution in [0.3, 0.4) is 0 Å². The van der Waals surface area contributed by atoms with Crippen LogP contribution in [0.1, 0.15) is 54.6 Å². The van der Waals surface area contributed by atoms with Crippen LogP contribution >= 0.6 is 0 Å². The normalized spacial score (nSPS) is 40.3. The standard InChI is InChI=1S/C17H23N3O/c1-11-3-2-4-19-14(11)15(21)20-17-8-12-5-13(9-17)7-16(18,6-12)10-17/h2-4,12-13H,5-10,18H2,1H3,(H,20,21). The molecule has 112 valence electrons. The molecule has 4 saturated carbocycles. The van der Waals surface area contributed by atoms with Crippen LogP contribution in [0.15, 0.2) is 18.3 Å². The minimum atomic E-state index is -0.0835. The Balaban J connectivity index is 1.60. The number of nitrogens with one attached hydrogen (secondary N) is 1. The highest BCUT2D eigenvalue weighted by atomic mass is 16.2. The molecule has 4 bridgehead atoms. The topological polar surface area (TPSA) is 68.0 Å². The third kappa shape index (κ3) is 2.16. The molecule has 0 aliphatic heterocycles. The van der Waals surface area contributed by atoms with E-state index in [1.165, 1.54) is 6.42 Å². The summed E-state index contributed by atoms with van der Waals surface area (Å²) in [7, 11) is 0. The molecule has 4 nitrogen and oxygen atoms in total. The molecule has 1 amide bonds. The Morgan fingerprint density at radius 2 is 2.05 bits per heavy atom. The fraction of sp³-hybridized carbons (Fsp3) is 0.647. The van der Waals surface area contributed by atoms with Crippen LogP contribution < -0.4 is 11.1 Å². The largest absolute Gasteiger partial charge is 0.345 e. The molecule has 5 rings (SSSR count). The van der Waals surface area contributed by atoms with E-state index >= 15 is 0 Å². The molecule has 0 aromatic carbocycles. The predicted octanol–water partition coefficient (Wildman–Crippen LogP) is 2.17. The molecule has 21 heavy (non-hydrogen) atoms. The quantitative estimate of drug-likeness (QED) is 0.875. The first-order valence-corrected chi connectivity index (χ1v) is 8.00. The van der Waals surface area contributed by atoms with Crippen LogP contribution in [0.5, 0.6) is 0 Å². The average molecular weight is 285 g/mol. The van der Waals surface area contributed by atoms with Gasteiger partial charge in [-0.15, -0.1) is 0 Å². The van der Waals surface area contributed by atoms with Crippen molar-refractivity contribution in [2.24, 2.45) is 17.6 Å². The maximum absolute atomic E-state index is 12.6. The Morgan fingerprint density at radius 3 is 2.67 bits per heavy atom. The van der Waals surface area contributed by atoms with E-state index in [4.69, 9.17) is 5.73 Å². The van der Waals surface area contributed by atoms with Gasteiger partial charge >= 0.3 is 0 Å². The maximum Gasteiger partial charge on any atom is 0.270 e. The number of hydrogen-bond acceptors (Lipinski definition) is 3. The lowest BCUT2D eigenvalue weighted by Crippen LogP contribution is -2.68. The first-order valence-electron chi connectivity index (χ1n) is 8.00. The van der Waals surface area contributed by atoms with Gasteiger partial charge in [0, 0.05) is 17.3 Å². The molecule has 4 aliphatic rings. The third-order valence-electron chi connectivity index (χ3n) is 5.71. The SMILES string of the molecule is Cc1cccnc1C(=O)NC12CC3CC(CC(N)(C3)C1)C2. The van der Waals surface area contributed by atoms with Gasteiger partial charge in [-0.1, -0.05) is 6.07 Å². The van der Waals surface area contributed by atoms with Crippen molar-refractivity contribution in [2.75, 3.05) is 0 Å². The van der Waals surface area contributed by atoms with Crippen LogP contribution in [-0.2, 0) is 0 Å². The van der Waals surface area contributed by atoms with Gasteiger partial charge < -0.3 is 11.1 Å². The van der Waals surface area contributed by atoms with Crippen molar-refractivity contribution >= 4 is 5.91 Å². The maximum atomic E-state index is 12.6. The lowest BCUT2D eigenvalue weighted by molar-refractivity contribution is -0.0321. The van der Waals surface area contributed by atoms with Gasteiger partial charge in [-0.3, -0.25) is 9.78 Å². The van der Waals surface area contributed by atoms with Crippen LogP contribution in [0.4, 0.5) is 0 Å². The van der Waals surface area contributed by atoms with Gasteiger partial charge in [-0.25, -0.2) is 0 Å². The first kappa shape index (κ1) is 13.3. The van der Waals surface area contributed by atoms with E-state index in [9.17, 15) is 4.79 Å². The second kappa shape index (κ2) is 4.29. The third-order valence-corrected chi connectivity index (χ3v) is 5.71. The van der Waals surface area contributed by atoms with E-state index in [0.717, 1.165) is 37.7 Å². The average Bonchev–Trinajstić information content (AvgIpc) is 2.35. The van der Waals surface area contributed by atoms with Gasteiger partial charge in [0.1, 0.15) is 5.69 Å². The van der Waals surface area contributed by atoms with Gasteiger partial charge in [-0.05, 0) is 68.9 Å². The monoisotopic (exact) mass is 285 g/mol. The predicted molar refractivity (Wildman–Crippen MR) is 80.8 cm³/mol. The molecule has 0 spiro atoms. The van der Waals surface area contributed by atoms with E-state index in [2.05, 4.69) is 10.3 Å². The Bertz CT molecular complexity index is 583. The molecule has 4 aliphatic carbocycles. The van der Waals surface area contributed by atoms with Gasteiger partial charge in [0.25, 0.3) is 5.91 Å². The minimum absolute atomic E-state index is 0.0290. The van der Waals surface area contributed by atoms with Gasteiger partial charge in [0.05, 0.1) is 0 Å². The highest BCUT2D eigenvalue weighted by molar-refractivity contribution is 5.94. The zero-order valence-corrected chi connectivity index (χ0v) is 12.6. The molecule has 4 heteroatoms. The van der Waals surface area contributed by atoms with Gasteiger partial charge in [0.2, 0.25) is 0 Å². The highest BCUT2D eigenvalue weighted by Gasteiger charge is 2.56. The Labute approximate surface area is 125 Å². The Hall–Kier alpha value is -1.42. The number of aromatic nitrogens is 1. The molecule has 4 fully saturated rings. The van der Waals surface area contributed by atoms with Crippen LogP contribution in [0.25, 0.3) is 0 Å². The molecular weight excluding hydrogens is 262 g/mol. The summed E-state index contributed by atoms with van der Waals surface area (Å²) in [4.78, 5) is 16.9. The molecule has 2 atom stereocenters. The second-order valence-electron chi connectivity index (χ2n) is 7.73. The molecule has 1 aromatic rings. The number of nitrogens with two attached hydrogens (primary N) is 1. The fourth-order valence-electron chi connectivity index (χ4n) is 5.50. The van der Waals surface area contributed by atoms with Crippen molar-refractivity contribution in [3.05, 3.63) is 29.6 Å². The van der Waals surface area contributed by atoms with E-state index < -0.39 is 0 Å². The van der Waals surface area contributed by atoms with Crippen LogP contribution in [-0.4, -0.2) is 22.0 Å². The summed E-state index contributed by atoms with van der Waals surface area (Å²) in [5.41, 5.74) is 7.94. The molecule has 1 heterocycles. The van der Waals surface area contributed by atoms with E-state index in [1.54, 1.807) is 6.20 Å². The Morgan fingerprint density at radius 1 is 1.33 bits per heavy atom. The van der Waals surface area contributed by atoms with E-state index in [1.807, 2.05) is 19.1 Å². The number of rotatable bonds is 2. The van der Waals surface area contributed by atoms with Crippen molar-refractivity contribution in [1.82, 2.24) is 10.3 Å². The number of hydrogen-bond donors (Lipinski definition) is 2. The second-order valence-corrected chi connectivity index (χ2v) is 7.73. The summed E-state index contributed by atoms with van der Waals surface area (Å²) in [6.45, 7) is 1.94. The summed E-state index contributed by atoms with van der Waals surface area (Å²) < 4.78 is 0. The molecule has 2 unspecified atom stereocenters. The number of nitrogens with zero attached hydrogens (tertiary/aromatic N) is 1. The van der Waals surface area contributed by atoms with Crippen molar-refractivity contribution in [3.63, 3.8) is 0 Å². The smallest absolute Gasteiger partial charge is 0.270 e. The molecule has 0 saturated heterocycles. The number of pyridine rings is 1. The van der Waals surface area contributed by atoms with Crippen LogP contribution in [0, 0.1) is 18.8 Å². The summed E-state index contributed by atoms with van der Waals surface area (Å²) in [5.74, 6) is 1.36. The molecule has 3 N–H and O–H groups in total. The van der Waals surface area contributed by atoms with Crippen molar-refractivity contribution < 1.29 is 4.79 Å². The zero-order chi connectivity index (χ0) is 14.7. The van der Waals surface area contributed by atoms with Crippen molar-refractivity contribution in [3.8, 4) is 0 Å². The first-order chi connectivity index (χ1) is 9.97. The lowest BCUT2D eigenvalue weighted by atomic mass is 9.50. The number of aryl methyl sites for hydroxylation is 1. The van der Waals surface area contributed by atoms with E-state index in [-0.39, 0.29) is 17.0 Å². The summed E-state index contributed by atoms with van der Waals surface area (Å²) in [6.07, 6.45) is 8.41. The fourth-order valence-corrected chi connectivity index (χ4v) is 5.50. The van der Waals surface area contributed by atoms with Crippen molar-refractivity contribution in [2.45, 2.75) is 56.5 Å². The van der Waals surface area contributed by atoms with Gasteiger partial charge in [0.15, 0.2) is 0 Å². The summed E-state index contributed by atoms with van der Waals surface area (Å²) >= 11 is 0. The molecule has 1 aromatic heterocycles. The zero-order valence-electron chi connectivity index (χ0n) is 12.6. The Kier molecular flexibility index (Phi) is 2.71. The minimum Gasteiger partial charge on any atom is -0.345 e. The summed E-state index contributed by atoms with van der Waals surface area (Å²) in [6, 6.07) is 3.80. The van der Waals surface area contributed by atoms with Crippen molar-refractivity contribution in [1.29, 1.82) is 0 Å².